The Labute approximate surface area is 144 Å². The summed E-state index contributed by atoms with van der Waals surface area (Å²) < 4.78 is 26.8. The molecule has 0 aromatic heterocycles. The van der Waals surface area contributed by atoms with Crippen LogP contribution < -0.4 is 10.2 Å². The Kier molecular flexibility index (Phi) is 4.79. The first-order chi connectivity index (χ1) is 12.0. The van der Waals surface area contributed by atoms with Crippen molar-refractivity contribution in [2.75, 3.05) is 10.2 Å². The summed E-state index contributed by atoms with van der Waals surface area (Å²) >= 11 is 0. The van der Waals surface area contributed by atoms with Crippen molar-refractivity contribution in [2.24, 2.45) is 0 Å². The Bertz CT molecular complexity index is 790. The lowest BCUT2D eigenvalue weighted by Crippen LogP contribution is -2.40. The summed E-state index contributed by atoms with van der Waals surface area (Å²) in [5.41, 5.74) is 1.59. The summed E-state index contributed by atoms with van der Waals surface area (Å²) in [7, 11) is 0. The number of piperidine rings is 1. The quantitative estimate of drug-likeness (QED) is 0.847. The molecule has 4 nitrogen and oxygen atoms in total. The van der Waals surface area contributed by atoms with Gasteiger partial charge in [-0.15, -0.1) is 0 Å². The zero-order valence-electron chi connectivity index (χ0n) is 13.8. The summed E-state index contributed by atoms with van der Waals surface area (Å²) in [4.78, 5) is 25.1. The smallest absolute Gasteiger partial charge is 0.233 e. The van der Waals surface area contributed by atoms with Gasteiger partial charge in [-0.05, 0) is 43.7 Å². The Balaban J connectivity index is 1.74. The Morgan fingerprint density at radius 1 is 1.00 bits per heavy atom. The fourth-order valence-electron chi connectivity index (χ4n) is 2.93. The topological polar surface area (TPSA) is 49.4 Å². The molecule has 0 unspecified atom stereocenters. The Morgan fingerprint density at radius 3 is 2.24 bits per heavy atom. The van der Waals surface area contributed by atoms with E-state index in [0.29, 0.717) is 36.2 Å². The molecule has 3 rings (SSSR count). The van der Waals surface area contributed by atoms with E-state index in [2.05, 4.69) is 5.32 Å². The lowest BCUT2D eigenvalue weighted by molar-refractivity contribution is -0.129. The normalized spacial score (nSPS) is 16.0. The third-order valence-corrected chi connectivity index (χ3v) is 4.22. The van der Waals surface area contributed by atoms with Crippen molar-refractivity contribution in [3.63, 3.8) is 0 Å². The number of nitrogens with one attached hydrogen (secondary N) is 1. The van der Waals surface area contributed by atoms with Crippen molar-refractivity contribution in [1.82, 2.24) is 0 Å². The number of rotatable bonds is 4. The van der Waals surface area contributed by atoms with Crippen LogP contribution in [0.3, 0.4) is 0 Å². The molecule has 25 heavy (non-hydrogen) atoms. The molecule has 0 radical (unpaired) electrons. The number of nitrogens with zero attached hydrogens (tertiary/aromatic N) is 1. The summed E-state index contributed by atoms with van der Waals surface area (Å²) in [6, 6.07) is 9.91. The van der Waals surface area contributed by atoms with Gasteiger partial charge in [0.2, 0.25) is 11.8 Å². The highest BCUT2D eigenvalue weighted by molar-refractivity contribution is 6.16. The van der Waals surface area contributed by atoms with E-state index in [4.69, 9.17) is 0 Å². The van der Waals surface area contributed by atoms with Crippen molar-refractivity contribution in [3.05, 3.63) is 59.7 Å². The van der Waals surface area contributed by atoms with Crippen LogP contribution in [0.15, 0.2) is 42.5 Å². The van der Waals surface area contributed by atoms with E-state index in [1.54, 1.807) is 31.2 Å². The largest absolute Gasteiger partial charge is 0.378 e. The van der Waals surface area contributed by atoms with Crippen LogP contribution in [0.4, 0.5) is 20.2 Å². The predicted octanol–water partition coefficient (Wildman–Crippen LogP) is 4.18. The number of imide groups is 1. The summed E-state index contributed by atoms with van der Waals surface area (Å²) in [5, 5.41) is 3.12. The van der Waals surface area contributed by atoms with Gasteiger partial charge in [-0.1, -0.05) is 6.07 Å². The zero-order valence-corrected chi connectivity index (χ0v) is 13.8. The van der Waals surface area contributed by atoms with Gasteiger partial charge >= 0.3 is 0 Å². The van der Waals surface area contributed by atoms with Gasteiger partial charge in [0.05, 0.1) is 11.7 Å². The van der Waals surface area contributed by atoms with Crippen LogP contribution >= 0.6 is 0 Å². The fraction of sp³-hybridized carbons (Fsp3) is 0.263. The van der Waals surface area contributed by atoms with Crippen molar-refractivity contribution in [1.29, 1.82) is 0 Å². The molecule has 1 aliphatic rings. The first kappa shape index (κ1) is 17.1. The van der Waals surface area contributed by atoms with Crippen LogP contribution in [-0.4, -0.2) is 11.8 Å². The van der Waals surface area contributed by atoms with Crippen LogP contribution in [-0.2, 0) is 9.59 Å². The minimum absolute atomic E-state index is 0.196. The van der Waals surface area contributed by atoms with E-state index in [0.717, 1.165) is 6.07 Å². The van der Waals surface area contributed by atoms with E-state index in [1.165, 1.54) is 17.0 Å². The molecule has 2 aromatic carbocycles. The second kappa shape index (κ2) is 7.01. The van der Waals surface area contributed by atoms with Crippen LogP contribution in [0.25, 0.3) is 0 Å². The molecule has 130 valence electrons. The molecule has 1 N–H and O–H groups in total. The van der Waals surface area contributed by atoms with Gasteiger partial charge in [-0.3, -0.25) is 14.5 Å². The van der Waals surface area contributed by atoms with Crippen molar-refractivity contribution >= 4 is 23.2 Å². The molecular formula is C19H18F2N2O2. The van der Waals surface area contributed by atoms with Crippen LogP contribution in [0, 0.1) is 11.6 Å². The molecule has 6 heteroatoms. The third kappa shape index (κ3) is 3.68. The van der Waals surface area contributed by atoms with Crippen molar-refractivity contribution in [3.8, 4) is 0 Å². The molecule has 0 bridgehead atoms. The molecule has 1 heterocycles. The molecule has 1 fully saturated rings. The zero-order chi connectivity index (χ0) is 18.0. The number of carbonyl (C=O) groups is 2. The van der Waals surface area contributed by atoms with Gasteiger partial charge in [0.15, 0.2) is 0 Å². The maximum Gasteiger partial charge on any atom is 0.233 e. The molecule has 0 aliphatic carbocycles. The van der Waals surface area contributed by atoms with Crippen molar-refractivity contribution < 1.29 is 18.4 Å². The average molecular weight is 344 g/mol. The minimum atomic E-state index is -0.617. The third-order valence-electron chi connectivity index (χ3n) is 4.22. The van der Waals surface area contributed by atoms with Crippen LogP contribution in [0.2, 0.25) is 0 Å². The molecule has 0 spiro atoms. The lowest BCUT2D eigenvalue weighted by Gasteiger charge is -2.25. The van der Waals surface area contributed by atoms with Gasteiger partial charge in [-0.25, -0.2) is 8.78 Å². The van der Waals surface area contributed by atoms with Gasteiger partial charge in [-0.2, -0.15) is 0 Å². The lowest BCUT2D eigenvalue weighted by atomic mass is 10.1. The van der Waals surface area contributed by atoms with Crippen LogP contribution in [0.5, 0.6) is 0 Å². The molecule has 1 saturated heterocycles. The fourth-order valence-corrected chi connectivity index (χ4v) is 2.93. The average Bonchev–Trinajstić information content (AvgIpc) is 2.56. The standard InChI is InChI=1S/C19H18F2N2O2/c1-12(16-10-5-13(20)11-17(16)21)22-14-6-8-15(9-7-14)23-18(24)3-2-4-19(23)25/h5-12,22H,2-4H2,1H3/t12-/m1/s1. The highest BCUT2D eigenvalue weighted by atomic mass is 19.1. The van der Waals surface area contributed by atoms with Gasteiger partial charge < -0.3 is 5.32 Å². The van der Waals surface area contributed by atoms with Gasteiger partial charge in [0, 0.05) is 30.2 Å². The minimum Gasteiger partial charge on any atom is -0.378 e. The number of anilines is 2. The number of amides is 2. The SMILES string of the molecule is C[C@@H](Nc1ccc(N2C(=O)CCCC2=O)cc1)c1ccc(F)cc1F. The maximum absolute atomic E-state index is 13.8. The second-order valence-electron chi connectivity index (χ2n) is 6.06. The number of hydrogen-bond donors (Lipinski definition) is 1. The Hall–Kier alpha value is -2.76. The first-order valence-electron chi connectivity index (χ1n) is 8.13. The summed E-state index contributed by atoms with van der Waals surface area (Å²) in [6.07, 6.45) is 1.33. The predicted molar refractivity (Wildman–Crippen MR) is 91.2 cm³/mol. The number of hydrogen-bond acceptors (Lipinski definition) is 3. The monoisotopic (exact) mass is 344 g/mol. The van der Waals surface area contributed by atoms with E-state index in [-0.39, 0.29) is 17.9 Å². The molecule has 1 atom stereocenters. The molecule has 2 amide bonds. The van der Waals surface area contributed by atoms with Gasteiger partial charge in [0.1, 0.15) is 11.6 Å². The van der Waals surface area contributed by atoms with E-state index < -0.39 is 11.6 Å². The molecular weight excluding hydrogens is 326 g/mol. The summed E-state index contributed by atoms with van der Waals surface area (Å²) in [6.45, 7) is 1.77. The molecule has 2 aromatic rings. The number of carbonyl (C=O) groups excluding carboxylic acids is 2. The maximum atomic E-state index is 13.8. The van der Waals surface area contributed by atoms with Gasteiger partial charge in [0.25, 0.3) is 0 Å². The highest BCUT2D eigenvalue weighted by Crippen LogP contribution is 2.26. The van der Waals surface area contributed by atoms with E-state index in [9.17, 15) is 18.4 Å². The number of benzene rings is 2. The van der Waals surface area contributed by atoms with Crippen molar-refractivity contribution in [2.45, 2.75) is 32.2 Å². The Morgan fingerprint density at radius 2 is 1.64 bits per heavy atom. The van der Waals surface area contributed by atoms with Crippen LogP contribution in [0.1, 0.15) is 37.8 Å². The molecule has 0 saturated carbocycles. The highest BCUT2D eigenvalue weighted by Gasteiger charge is 2.27. The van der Waals surface area contributed by atoms with E-state index in [1.807, 2.05) is 0 Å². The second-order valence-corrected chi connectivity index (χ2v) is 6.06. The molecule has 1 aliphatic heterocycles. The van der Waals surface area contributed by atoms with E-state index >= 15 is 0 Å². The number of halogens is 2. The summed E-state index contributed by atoms with van der Waals surface area (Å²) in [5.74, 6) is -1.62. The first-order valence-corrected chi connectivity index (χ1v) is 8.13.